The fraction of sp³-hybridized carbons (Fsp3) is 0.412. The molecule has 1 amide bonds. The van der Waals surface area contributed by atoms with Crippen LogP contribution in [0.5, 0.6) is 0 Å². The molecule has 5 nitrogen and oxygen atoms in total. The van der Waals surface area contributed by atoms with E-state index in [0.717, 1.165) is 18.4 Å². The first-order chi connectivity index (χ1) is 10.9. The van der Waals surface area contributed by atoms with Crippen molar-refractivity contribution < 1.29 is 9.90 Å². The Kier molecular flexibility index (Phi) is 5.80. The van der Waals surface area contributed by atoms with E-state index in [9.17, 15) is 9.90 Å². The van der Waals surface area contributed by atoms with E-state index in [1.807, 2.05) is 26.0 Å². The number of hydrogen-bond acceptors (Lipinski definition) is 3. The van der Waals surface area contributed by atoms with Crippen LogP contribution in [-0.2, 0) is 0 Å². The SMILES string of the molecule is CC(C)(CO)CCCNC(=O)c1cn[nH]c1-c1cccc(Cl)c1. The Labute approximate surface area is 141 Å². The molecule has 124 valence electrons. The van der Waals surface area contributed by atoms with E-state index in [-0.39, 0.29) is 17.9 Å². The Morgan fingerprint density at radius 3 is 2.91 bits per heavy atom. The van der Waals surface area contributed by atoms with Crippen molar-refractivity contribution in [2.75, 3.05) is 13.2 Å². The van der Waals surface area contributed by atoms with Gasteiger partial charge in [0.1, 0.15) is 0 Å². The zero-order valence-electron chi connectivity index (χ0n) is 13.4. The number of H-pyrrole nitrogens is 1. The second-order valence-electron chi connectivity index (χ2n) is 6.35. The van der Waals surface area contributed by atoms with E-state index in [0.29, 0.717) is 22.8 Å². The van der Waals surface area contributed by atoms with Crippen LogP contribution in [0.15, 0.2) is 30.5 Å². The van der Waals surface area contributed by atoms with Gasteiger partial charge >= 0.3 is 0 Å². The van der Waals surface area contributed by atoms with Crippen LogP contribution in [-0.4, -0.2) is 34.4 Å². The lowest BCUT2D eigenvalue weighted by molar-refractivity contribution is 0.0949. The number of benzene rings is 1. The Morgan fingerprint density at radius 2 is 2.22 bits per heavy atom. The Bertz CT molecular complexity index is 667. The largest absolute Gasteiger partial charge is 0.396 e. The summed E-state index contributed by atoms with van der Waals surface area (Å²) in [6.07, 6.45) is 3.17. The van der Waals surface area contributed by atoms with Crippen LogP contribution < -0.4 is 5.32 Å². The summed E-state index contributed by atoms with van der Waals surface area (Å²) >= 11 is 6.00. The lowest BCUT2D eigenvalue weighted by Gasteiger charge is -2.21. The molecule has 0 aliphatic rings. The summed E-state index contributed by atoms with van der Waals surface area (Å²) in [6, 6.07) is 7.27. The minimum atomic E-state index is -0.171. The number of halogens is 1. The molecule has 0 aliphatic carbocycles. The van der Waals surface area contributed by atoms with Gasteiger partial charge in [0, 0.05) is 23.7 Å². The number of rotatable bonds is 7. The topological polar surface area (TPSA) is 78.0 Å². The molecule has 0 aliphatic heterocycles. The molecule has 1 aromatic carbocycles. The van der Waals surface area contributed by atoms with Crippen molar-refractivity contribution in [1.29, 1.82) is 0 Å². The number of carbonyl (C=O) groups is 1. The molecule has 0 saturated carbocycles. The molecule has 6 heteroatoms. The van der Waals surface area contributed by atoms with Crippen LogP contribution in [0.3, 0.4) is 0 Å². The molecule has 0 unspecified atom stereocenters. The molecular weight excluding hydrogens is 314 g/mol. The second-order valence-corrected chi connectivity index (χ2v) is 6.79. The number of nitrogens with one attached hydrogen (secondary N) is 2. The van der Waals surface area contributed by atoms with E-state index in [2.05, 4.69) is 15.5 Å². The molecule has 0 saturated heterocycles. The number of hydrogen-bond donors (Lipinski definition) is 3. The summed E-state index contributed by atoms with van der Waals surface area (Å²) in [6.45, 7) is 4.70. The third-order valence-corrected chi connectivity index (χ3v) is 3.98. The molecule has 1 aromatic heterocycles. The summed E-state index contributed by atoms with van der Waals surface area (Å²) in [5.74, 6) is -0.171. The third-order valence-electron chi connectivity index (χ3n) is 3.74. The molecule has 3 N–H and O–H groups in total. The van der Waals surface area contributed by atoms with E-state index < -0.39 is 0 Å². The van der Waals surface area contributed by atoms with Crippen molar-refractivity contribution in [2.45, 2.75) is 26.7 Å². The van der Waals surface area contributed by atoms with E-state index in [1.54, 1.807) is 12.1 Å². The number of aromatic amines is 1. The molecular formula is C17H22ClN3O2. The quantitative estimate of drug-likeness (QED) is 0.679. The first kappa shape index (κ1) is 17.5. The highest BCUT2D eigenvalue weighted by atomic mass is 35.5. The fourth-order valence-electron chi connectivity index (χ4n) is 2.27. The van der Waals surface area contributed by atoms with Gasteiger partial charge in [-0.3, -0.25) is 9.89 Å². The average molecular weight is 336 g/mol. The minimum Gasteiger partial charge on any atom is -0.396 e. The summed E-state index contributed by atoms with van der Waals surface area (Å²) < 4.78 is 0. The molecule has 23 heavy (non-hydrogen) atoms. The molecule has 2 rings (SSSR count). The van der Waals surface area contributed by atoms with Gasteiger partial charge in [-0.1, -0.05) is 37.6 Å². The summed E-state index contributed by atoms with van der Waals surface area (Å²) in [7, 11) is 0. The van der Waals surface area contributed by atoms with Crippen LogP contribution in [0.4, 0.5) is 0 Å². The normalized spacial score (nSPS) is 11.5. The van der Waals surface area contributed by atoms with Crippen LogP contribution in [0.25, 0.3) is 11.3 Å². The van der Waals surface area contributed by atoms with Crippen molar-refractivity contribution in [2.24, 2.45) is 5.41 Å². The smallest absolute Gasteiger partial charge is 0.255 e. The highest BCUT2D eigenvalue weighted by molar-refractivity contribution is 6.30. The Balaban J connectivity index is 1.98. The fourth-order valence-corrected chi connectivity index (χ4v) is 2.46. The molecule has 0 spiro atoms. The van der Waals surface area contributed by atoms with Gasteiger partial charge in [-0.15, -0.1) is 0 Å². The van der Waals surface area contributed by atoms with Crippen molar-refractivity contribution >= 4 is 17.5 Å². The molecule has 0 fully saturated rings. The van der Waals surface area contributed by atoms with Crippen molar-refractivity contribution in [3.8, 4) is 11.3 Å². The number of amides is 1. The lowest BCUT2D eigenvalue weighted by Crippen LogP contribution is -2.26. The van der Waals surface area contributed by atoms with Gasteiger partial charge in [0.25, 0.3) is 5.91 Å². The molecule has 0 radical (unpaired) electrons. The van der Waals surface area contributed by atoms with Gasteiger partial charge in [-0.25, -0.2) is 0 Å². The first-order valence-electron chi connectivity index (χ1n) is 7.61. The standard InChI is InChI=1S/C17H22ClN3O2/c1-17(2,11-22)7-4-8-19-16(23)14-10-20-21-15(14)12-5-3-6-13(18)9-12/h3,5-6,9-10,22H,4,7-8,11H2,1-2H3,(H,19,23)(H,20,21). The summed E-state index contributed by atoms with van der Waals surface area (Å²) in [5, 5.41) is 19.5. The Hall–Kier alpha value is -1.85. The average Bonchev–Trinajstić information content (AvgIpc) is 3.01. The predicted molar refractivity (Wildman–Crippen MR) is 91.5 cm³/mol. The van der Waals surface area contributed by atoms with Crippen LogP contribution in [0, 0.1) is 5.41 Å². The molecule has 2 aromatic rings. The van der Waals surface area contributed by atoms with Gasteiger partial charge < -0.3 is 10.4 Å². The number of aromatic nitrogens is 2. The van der Waals surface area contributed by atoms with Crippen LogP contribution in [0.2, 0.25) is 5.02 Å². The Morgan fingerprint density at radius 1 is 1.43 bits per heavy atom. The van der Waals surface area contributed by atoms with E-state index in [1.165, 1.54) is 6.20 Å². The molecule has 0 atom stereocenters. The van der Waals surface area contributed by atoms with Crippen molar-refractivity contribution in [1.82, 2.24) is 15.5 Å². The number of aliphatic hydroxyl groups excluding tert-OH is 1. The highest BCUT2D eigenvalue weighted by Gasteiger charge is 2.17. The minimum absolute atomic E-state index is 0.119. The van der Waals surface area contributed by atoms with Crippen LogP contribution in [0.1, 0.15) is 37.0 Å². The van der Waals surface area contributed by atoms with E-state index >= 15 is 0 Å². The molecule has 0 bridgehead atoms. The van der Waals surface area contributed by atoms with Gasteiger partial charge in [0.05, 0.1) is 17.5 Å². The number of carbonyl (C=O) groups excluding carboxylic acids is 1. The van der Waals surface area contributed by atoms with Crippen molar-refractivity contribution in [3.63, 3.8) is 0 Å². The zero-order valence-corrected chi connectivity index (χ0v) is 14.2. The van der Waals surface area contributed by atoms with Crippen LogP contribution >= 0.6 is 11.6 Å². The maximum absolute atomic E-state index is 12.3. The summed E-state index contributed by atoms with van der Waals surface area (Å²) in [4.78, 5) is 12.3. The molecule has 1 heterocycles. The van der Waals surface area contributed by atoms with E-state index in [4.69, 9.17) is 11.6 Å². The monoisotopic (exact) mass is 335 g/mol. The predicted octanol–water partition coefficient (Wildman–Crippen LogP) is 3.26. The highest BCUT2D eigenvalue weighted by Crippen LogP contribution is 2.24. The van der Waals surface area contributed by atoms with Gasteiger partial charge in [-0.05, 0) is 30.4 Å². The van der Waals surface area contributed by atoms with Gasteiger partial charge in [-0.2, -0.15) is 5.10 Å². The zero-order chi connectivity index (χ0) is 16.9. The third kappa shape index (κ3) is 4.81. The van der Waals surface area contributed by atoms with Gasteiger partial charge in [0.2, 0.25) is 0 Å². The summed E-state index contributed by atoms with van der Waals surface area (Å²) in [5.41, 5.74) is 1.85. The maximum atomic E-state index is 12.3. The first-order valence-corrected chi connectivity index (χ1v) is 7.99. The number of nitrogens with zero attached hydrogens (tertiary/aromatic N) is 1. The van der Waals surface area contributed by atoms with Crippen molar-refractivity contribution in [3.05, 3.63) is 41.0 Å². The lowest BCUT2D eigenvalue weighted by atomic mass is 9.89. The number of aliphatic hydroxyl groups is 1. The maximum Gasteiger partial charge on any atom is 0.255 e. The second kappa shape index (κ2) is 7.62. The van der Waals surface area contributed by atoms with Gasteiger partial charge in [0.15, 0.2) is 0 Å².